The molecular formula is C14H13F2NO4. The van der Waals surface area contributed by atoms with E-state index < -0.39 is 23.3 Å². The molecule has 5 nitrogen and oxygen atoms in total. The zero-order chi connectivity index (χ0) is 15.1. The van der Waals surface area contributed by atoms with Crippen LogP contribution >= 0.6 is 0 Å². The van der Waals surface area contributed by atoms with E-state index in [4.69, 9.17) is 9.47 Å². The number of methoxy groups -OCH3 is 1. The van der Waals surface area contributed by atoms with E-state index in [1.54, 1.807) is 4.90 Å². The molecule has 2 unspecified atom stereocenters. The van der Waals surface area contributed by atoms with Gasteiger partial charge in [0.2, 0.25) is 5.82 Å². The van der Waals surface area contributed by atoms with Gasteiger partial charge < -0.3 is 19.2 Å². The van der Waals surface area contributed by atoms with Crippen molar-refractivity contribution < 1.29 is 27.8 Å². The summed E-state index contributed by atoms with van der Waals surface area (Å²) in [6, 6.07) is 0.569. The van der Waals surface area contributed by atoms with E-state index in [0.717, 1.165) is 6.07 Å². The highest BCUT2D eigenvalue weighted by Crippen LogP contribution is 2.44. The van der Waals surface area contributed by atoms with E-state index in [1.807, 2.05) is 0 Å². The first-order valence-electron chi connectivity index (χ1n) is 6.48. The molecule has 0 aromatic heterocycles. The minimum Gasteiger partial charge on any atom is -0.486 e. The second-order valence-corrected chi connectivity index (χ2v) is 5.08. The molecule has 0 fully saturated rings. The van der Waals surface area contributed by atoms with Crippen LogP contribution in [0.2, 0.25) is 0 Å². The lowest BCUT2D eigenvalue weighted by molar-refractivity contribution is -0.109. The maximum absolute atomic E-state index is 13.9. The van der Waals surface area contributed by atoms with Gasteiger partial charge in [-0.25, -0.2) is 4.39 Å². The van der Waals surface area contributed by atoms with Gasteiger partial charge in [-0.15, -0.1) is 0 Å². The third kappa shape index (κ3) is 1.99. The Labute approximate surface area is 119 Å². The Hall–Kier alpha value is -2.02. The molecule has 3 rings (SSSR count). The van der Waals surface area contributed by atoms with Crippen molar-refractivity contribution in [3.8, 4) is 5.75 Å². The topological polar surface area (TPSA) is 55.8 Å². The van der Waals surface area contributed by atoms with Gasteiger partial charge in [-0.1, -0.05) is 0 Å². The number of aldehydes is 1. The molecule has 112 valence electrons. The summed E-state index contributed by atoms with van der Waals surface area (Å²) in [4.78, 5) is 25.0. The zero-order valence-corrected chi connectivity index (χ0v) is 11.3. The monoisotopic (exact) mass is 297 g/mol. The largest absolute Gasteiger partial charge is 0.486 e. The minimum absolute atomic E-state index is 0.0203. The van der Waals surface area contributed by atoms with Gasteiger partial charge in [-0.2, -0.15) is 4.39 Å². The Bertz CT molecular complexity index is 619. The first-order valence-corrected chi connectivity index (χ1v) is 6.48. The van der Waals surface area contributed by atoms with Gasteiger partial charge in [0.25, 0.3) is 0 Å². The van der Waals surface area contributed by atoms with Gasteiger partial charge in [-0.3, -0.25) is 4.79 Å². The van der Waals surface area contributed by atoms with E-state index in [1.165, 1.54) is 7.11 Å². The predicted molar refractivity (Wildman–Crippen MR) is 68.7 cm³/mol. The molecule has 1 aromatic rings. The highest BCUT2D eigenvalue weighted by molar-refractivity contribution is 6.12. The third-order valence-corrected chi connectivity index (χ3v) is 3.82. The fourth-order valence-electron chi connectivity index (χ4n) is 2.82. The number of Topliss-reactive ketones (excluding diaryl/α,β-unsaturated/α-hetero) is 1. The predicted octanol–water partition coefficient (Wildman–Crippen LogP) is 1.19. The van der Waals surface area contributed by atoms with Gasteiger partial charge in [0.1, 0.15) is 12.9 Å². The lowest BCUT2D eigenvalue weighted by atomic mass is 9.89. The standard InChI is InChI=1S/C14H13F2NO4/c1-20-5-8-6-21-14-11(16)10(15)2-9-12(14)17(8)3-7(4-18)13(9)19/h2,4,7-8H,3,5-6H2,1H3. The average molecular weight is 297 g/mol. The highest BCUT2D eigenvalue weighted by atomic mass is 19.2. The van der Waals surface area contributed by atoms with Crippen molar-refractivity contribution in [2.24, 2.45) is 5.92 Å². The van der Waals surface area contributed by atoms with Crippen LogP contribution in [0.15, 0.2) is 6.07 Å². The molecule has 7 heteroatoms. The van der Waals surface area contributed by atoms with Crippen molar-refractivity contribution in [1.29, 1.82) is 0 Å². The summed E-state index contributed by atoms with van der Waals surface area (Å²) >= 11 is 0. The maximum Gasteiger partial charge on any atom is 0.202 e. The third-order valence-electron chi connectivity index (χ3n) is 3.82. The van der Waals surface area contributed by atoms with Gasteiger partial charge >= 0.3 is 0 Å². The molecule has 0 bridgehead atoms. The van der Waals surface area contributed by atoms with Gasteiger partial charge in [0.15, 0.2) is 17.3 Å². The van der Waals surface area contributed by atoms with E-state index in [9.17, 15) is 18.4 Å². The first-order chi connectivity index (χ1) is 10.1. The molecule has 0 amide bonds. The number of benzene rings is 1. The summed E-state index contributed by atoms with van der Waals surface area (Å²) in [5.74, 6) is -3.96. The molecule has 2 aliphatic rings. The smallest absolute Gasteiger partial charge is 0.202 e. The lowest BCUT2D eigenvalue weighted by Crippen LogP contribution is -2.52. The van der Waals surface area contributed by atoms with Crippen LogP contribution < -0.4 is 9.64 Å². The van der Waals surface area contributed by atoms with Crippen LogP contribution in [0.1, 0.15) is 10.4 Å². The Morgan fingerprint density at radius 1 is 1.52 bits per heavy atom. The summed E-state index contributed by atoms with van der Waals surface area (Å²) in [6.07, 6.45) is 0.533. The Balaban J connectivity index is 2.19. The quantitative estimate of drug-likeness (QED) is 0.619. The van der Waals surface area contributed by atoms with Gasteiger partial charge in [0.05, 0.1) is 24.3 Å². The molecule has 0 N–H and O–H groups in total. The number of hydrogen-bond donors (Lipinski definition) is 0. The number of rotatable bonds is 3. The van der Waals surface area contributed by atoms with Crippen LogP contribution in [0, 0.1) is 17.6 Å². The SMILES string of the molecule is COCC1COc2c(F)c(F)cc3c2N1CC(C=O)C3=O. The van der Waals surface area contributed by atoms with Crippen LogP contribution in [0.25, 0.3) is 0 Å². The van der Waals surface area contributed by atoms with Crippen LogP contribution in [-0.2, 0) is 9.53 Å². The average Bonchev–Trinajstić information content (AvgIpc) is 2.48. The molecule has 2 atom stereocenters. The molecule has 2 aliphatic heterocycles. The van der Waals surface area contributed by atoms with Crippen LogP contribution in [0.3, 0.4) is 0 Å². The Kier molecular flexibility index (Phi) is 3.36. The number of hydrogen-bond acceptors (Lipinski definition) is 5. The Morgan fingerprint density at radius 2 is 2.29 bits per heavy atom. The van der Waals surface area contributed by atoms with Crippen LogP contribution in [-0.4, -0.2) is 45.0 Å². The van der Waals surface area contributed by atoms with Crippen LogP contribution in [0.4, 0.5) is 14.5 Å². The van der Waals surface area contributed by atoms with E-state index >= 15 is 0 Å². The molecule has 0 spiro atoms. The van der Waals surface area contributed by atoms with Crippen molar-refractivity contribution in [3.63, 3.8) is 0 Å². The van der Waals surface area contributed by atoms with Crippen molar-refractivity contribution >= 4 is 17.8 Å². The fourth-order valence-corrected chi connectivity index (χ4v) is 2.82. The van der Waals surface area contributed by atoms with E-state index in [2.05, 4.69) is 0 Å². The summed E-state index contributed by atoms with van der Waals surface area (Å²) in [7, 11) is 1.51. The second-order valence-electron chi connectivity index (χ2n) is 5.08. The summed E-state index contributed by atoms with van der Waals surface area (Å²) in [5, 5.41) is 0. The van der Waals surface area contributed by atoms with Crippen molar-refractivity contribution in [1.82, 2.24) is 0 Å². The number of ketones is 1. The van der Waals surface area contributed by atoms with Crippen molar-refractivity contribution in [3.05, 3.63) is 23.3 Å². The summed E-state index contributed by atoms with van der Waals surface area (Å²) < 4.78 is 37.9. The van der Waals surface area contributed by atoms with Crippen molar-refractivity contribution in [2.75, 3.05) is 31.8 Å². The minimum atomic E-state index is -1.16. The normalized spacial score (nSPS) is 23.6. The number of anilines is 1. The number of carbonyl (C=O) groups excluding carboxylic acids is 2. The van der Waals surface area contributed by atoms with E-state index in [-0.39, 0.29) is 42.8 Å². The summed E-state index contributed by atoms with van der Waals surface area (Å²) in [6.45, 7) is 0.503. The highest BCUT2D eigenvalue weighted by Gasteiger charge is 2.42. The molecule has 21 heavy (non-hydrogen) atoms. The van der Waals surface area contributed by atoms with E-state index in [0.29, 0.717) is 6.29 Å². The first kappa shape index (κ1) is 13.9. The molecule has 2 heterocycles. The zero-order valence-electron chi connectivity index (χ0n) is 11.3. The number of nitrogens with zero attached hydrogens (tertiary/aromatic N) is 1. The second kappa shape index (κ2) is 5.07. The Morgan fingerprint density at radius 3 is 2.95 bits per heavy atom. The lowest BCUT2D eigenvalue weighted by Gasteiger charge is -2.42. The molecule has 0 saturated heterocycles. The fraction of sp³-hybridized carbons (Fsp3) is 0.429. The molecule has 0 radical (unpaired) electrons. The summed E-state index contributed by atoms with van der Waals surface area (Å²) in [5.41, 5.74) is 0.193. The number of carbonyl (C=O) groups is 2. The molecular weight excluding hydrogens is 284 g/mol. The van der Waals surface area contributed by atoms with Gasteiger partial charge in [-0.05, 0) is 6.07 Å². The maximum atomic E-state index is 13.9. The van der Waals surface area contributed by atoms with Crippen molar-refractivity contribution in [2.45, 2.75) is 6.04 Å². The van der Waals surface area contributed by atoms with Crippen LogP contribution in [0.5, 0.6) is 5.75 Å². The molecule has 0 saturated carbocycles. The molecule has 0 aliphatic carbocycles. The van der Waals surface area contributed by atoms with Gasteiger partial charge in [0, 0.05) is 19.2 Å². The molecule has 1 aromatic carbocycles. The number of halogens is 2. The number of ether oxygens (including phenoxy) is 2.